The summed E-state index contributed by atoms with van der Waals surface area (Å²) in [5, 5.41) is 9.20. The quantitative estimate of drug-likeness (QED) is 0.661. The number of carboxylic acid groups (broad SMARTS) is 1. The van der Waals surface area contributed by atoms with Gasteiger partial charge in [0.1, 0.15) is 11.3 Å². The van der Waals surface area contributed by atoms with Crippen LogP contribution in [-0.4, -0.2) is 70.6 Å². The van der Waals surface area contributed by atoms with Crippen LogP contribution in [0.5, 0.6) is 0 Å². The molecule has 0 bridgehead atoms. The molecular weight excluding hydrogens is 443 g/mol. The number of ether oxygens (including phenoxy) is 1. The van der Waals surface area contributed by atoms with Gasteiger partial charge in [-0.05, 0) is 22.9 Å². The Hall–Kier alpha value is -2.01. The minimum Gasteiger partial charge on any atom is -0.481 e. The zero-order valence-corrected chi connectivity index (χ0v) is 16.9. The van der Waals surface area contributed by atoms with E-state index in [1.54, 1.807) is 11.8 Å². The van der Waals surface area contributed by atoms with Gasteiger partial charge in [0, 0.05) is 32.2 Å². The maximum absolute atomic E-state index is 14.7. The lowest BCUT2D eigenvalue weighted by Crippen LogP contribution is -2.49. The molecule has 0 atom stereocenters. The van der Waals surface area contributed by atoms with Crippen molar-refractivity contribution in [2.75, 3.05) is 43.4 Å². The Bertz CT molecular complexity index is 870. The molecule has 1 amide bonds. The van der Waals surface area contributed by atoms with Crippen LogP contribution in [0.25, 0.3) is 11.0 Å². The van der Waals surface area contributed by atoms with E-state index in [-0.39, 0.29) is 11.8 Å². The van der Waals surface area contributed by atoms with Crippen molar-refractivity contribution in [3.63, 3.8) is 0 Å². The average molecular weight is 461 g/mol. The summed E-state index contributed by atoms with van der Waals surface area (Å²) in [5.41, 5.74) is 1.40. The molecule has 1 aromatic carbocycles. The van der Waals surface area contributed by atoms with E-state index in [1.165, 1.54) is 6.07 Å². The Morgan fingerprint density at radius 3 is 2.74 bits per heavy atom. The average Bonchev–Trinajstić information content (AvgIpc) is 3.04. The highest BCUT2D eigenvalue weighted by molar-refractivity contribution is 9.10. The first-order valence-corrected chi connectivity index (χ1v) is 10.1. The number of carbonyl (C=O) groups is 2. The smallest absolute Gasteiger partial charge is 0.409 e. The van der Waals surface area contributed by atoms with Gasteiger partial charge in [-0.3, -0.25) is 4.79 Å². The molecule has 8 nitrogen and oxygen atoms in total. The lowest BCUT2D eigenvalue weighted by molar-refractivity contribution is -0.133. The van der Waals surface area contributed by atoms with Crippen molar-refractivity contribution in [3.8, 4) is 0 Å². The second-order valence-electron chi connectivity index (χ2n) is 5.81. The first-order valence-electron chi connectivity index (χ1n) is 8.29. The fraction of sp³-hybridized carbons (Fsp3) is 0.438. The Kier molecular flexibility index (Phi) is 6.10. The largest absolute Gasteiger partial charge is 0.481 e. The number of nitrogens with one attached hydrogen (secondary N) is 1. The van der Waals surface area contributed by atoms with Crippen LogP contribution in [0.3, 0.4) is 0 Å². The SMILES string of the molecule is CCOC(=O)N1CCN(c2c(F)cc3[nH]c(SCC(=O)O)nc3c2Br)CC1. The van der Waals surface area contributed by atoms with Crippen molar-refractivity contribution in [3.05, 3.63) is 16.4 Å². The number of thioether (sulfide) groups is 1. The normalized spacial score (nSPS) is 14.6. The molecule has 146 valence electrons. The number of carbonyl (C=O) groups excluding carboxylic acids is 1. The number of aliphatic carboxylic acids is 1. The molecule has 1 fully saturated rings. The molecule has 11 heteroatoms. The molecule has 0 radical (unpaired) electrons. The molecule has 0 aliphatic carbocycles. The van der Waals surface area contributed by atoms with Gasteiger partial charge >= 0.3 is 12.1 Å². The van der Waals surface area contributed by atoms with Gasteiger partial charge in [0.15, 0.2) is 5.16 Å². The van der Waals surface area contributed by atoms with E-state index in [1.807, 2.05) is 4.90 Å². The van der Waals surface area contributed by atoms with Gasteiger partial charge in [-0.1, -0.05) is 11.8 Å². The molecular formula is C16H18BrFN4O4S. The number of imidazole rings is 1. The highest BCUT2D eigenvalue weighted by Gasteiger charge is 2.26. The summed E-state index contributed by atoms with van der Waals surface area (Å²) >= 11 is 4.47. The number of amides is 1. The summed E-state index contributed by atoms with van der Waals surface area (Å²) in [5.74, 6) is -1.51. The number of hydrogen-bond acceptors (Lipinski definition) is 6. The van der Waals surface area contributed by atoms with Gasteiger partial charge in [0.05, 0.1) is 28.0 Å². The van der Waals surface area contributed by atoms with E-state index in [2.05, 4.69) is 25.9 Å². The lowest BCUT2D eigenvalue weighted by atomic mass is 10.2. The molecule has 27 heavy (non-hydrogen) atoms. The molecule has 3 rings (SSSR count). The first-order chi connectivity index (χ1) is 12.9. The van der Waals surface area contributed by atoms with E-state index in [0.29, 0.717) is 59.1 Å². The van der Waals surface area contributed by atoms with E-state index in [4.69, 9.17) is 9.84 Å². The maximum atomic E-state index is 14.7. The Balaban J connectivity index is 1.80. The monoisotopic (exact) mass is 460 g/mol. The number of piperazine rings is 1. The van der Waals surface area contributed by atoms with Crippen LogP contribution in [0, 0.1) is 5.82 Å². The van der Waals surface area contributed by atoms with Gasteiger partial charge in [-0.2, -0.15) is 0 Å². The number of anilines is 1. The summed E-state index contributed by atoms with van der Waals surface area (Å²) < 4.78 is 20.2. The Labute approximate surface area is 167 Å². The molecule has 0 saturated carbocycles. The van der Waals surface area contributed by atoms with Gasteiger partial charge in [0.25, 0.3) is 0 Å². The Morgan fingerprint density at radius 1 is 1.41 bits per heavy atom. The second-order valence-corrected chi connectivity index (χ2v) is 7.57. The van der Waals surface area contributed by atoms with Gasteiger partial charge in [0.2, 0.25) is 0 Å². The van der Waals surface area contributed by atoms with Gasteiger partial charge in [-0.25, -0.2) is 14.2 Å². The number of nitrogens with zero attached hydrogens (tertiary/aromatic N) is 3. The molecule has 1 saturated heterocycles. The van der Waals surface area contributed by atoms with Crippen molar-refractivity contribution >= 4 is 56.5 Å². The minimum absolute atomic E-state index is 0.136. The van der Waals surface area contributed by atoms with Crippen LogP contribution in [-0.2, 0) is 9.53 Å². The molecule has 0 spiro atoms. The third-order valence-corrected chi connectivity index (χ3v) is 5.69. The number of hydrogen-bond donors (Lipinski definition) is 2. The van der Waals surface area contributed by atoms with E-state index in [0.717, 1.165) is 11.8 Å². The standard InChI is InChI=1S/C16H18BrFN4O4S/c1-2-26-16(25)22-5-3-21(4-6-22)14-9(18)7-10-13(12(14)17)20-15(19-10)27-8-11(23)24/h7H,2-6,8H2,1H3,(H,19,20)(H,23,24). The van der Waals surface area contributed by atoms with Crippen molar-refractivity contribution < 1.29 is 23.8 Å². The van der Waals surface area contributed by atoms with Crippen LogP contribution in [0.15, 0.2) is 15.7 Å². The van der Waals surface area contributed by atoms with E-state index >= 15 is 0 Å². The van der Waals surface area contributed by atoms with Crippen molar-refractivity contribution in [2.24, 2.45) is 0 Å². The summed E-state index contributed by atoms with van der Waals surface area (Å²) in [6, 6.07) is 1.35. The summed E-state index contributed by atoms with van der Waals surface area (Å²) in [7, 11) is 0. The number of carboxylic acids is 1. The molecule has 1 aliphatic heterocycles. The molecule has 2 aromatic rings. The second kappa shape index (κ2) is 8.34. The third kappa shape index (κ3) is 4.29. The summed E-state index contributed by atoms with van der Waals surface area (Å²) in [6.07, 6.45) is -0.362. The van der Waals surface area contributed by atoms with E-state index in [9.17, 15) is 14.0 Å². The van der Waals surface area contributed by atoms with Crippen LogP contribution >= 0.6 is 27.7 Å². The predicted octanol–water partition coefficient (Wildman–Crippen LogP) is 2.92. The van der Waals surface area contributed by atoms with Crippen LogP contribution < -0.4 is 4.90 Å². The van der Waals surface area contributed by atoms with Crippen LogP contribution in [0.4, 0.5) is 14.9 Å². The zero-order chi connectivity index (χ0) is 19.6. The van der Waals surface area contributed by atoms with Crippen molar-refractivity contribution in [1.82, 2.24) is 14.9 Å². The number of aromatic nitrogens is 2. The third-order valence-electron chi connectivity index (χ3n) is 4.08. The first kappa shape index (κ1) is 19.7. The van der Waals surface area contributed by atoms with Crippen LogP contribution in [0.2, 0.25) is 0 Å². The summed E-state index contributed by atoms with van der Waals surface area (Å²) in [6.45, 7) is 3.86. The van der Waals surface area contributed by atoms with E-state index < -0.39 is 11.8 Å². The van der Waals surface area contributed by atoms with Gasteiger partial charge in [-0.15, -0.1) is 0 Å². The topological polar surface area (TPSA) is 98.8 Å². The fourth-order valence-electron chi connectivity index (χ4n) is 2.86. The fourth-order valence-corrected chi connectivity index (χ4v) is 4.20. The van der Waals surface area contributed by atoms with Crippen molar-refractivity contribution in [2.45, 2.75) is 12.1 Å². The number of rotatable bonds is 5. The van der Waals surface area contributed by atoms with Crippen molar-refractivity contribution in [1.29, 1.82) is 0 Å². The minimum atomic E-state index is -0.953. The highest BCUT2D eigenvalue weighted by atomic mass is 79.9. The number of H-pyrrole nitrogens is 1. The molecule has 1 aromatic heterocycles. The van der Waals surface area contributed by atoms with Crippen LogP contribution in [0.1, 0.15) is 6.92 Å². The molecule has 2 heterocycles. The lowest BCUT2D eigenvalue weighted by Gasteiger charge is -2.36. The molecule has 1 aliphatic rings. The predicted molar refractivity (Wildman–Crippen MR) is 103 cm³/mol. The Morgan fingerprint density at radius 2 is 2.11 bits per heavy atom. The molecule has 0 unspecified atom stereocenters. The molecule has 2 N–H and O–H groups in total. The number of aromatic amines is 1. The highest BCUT2D eigenvalue weighted by Crippen LogP contribution is 2.37. The maximum Gasteiger partial charge on any atom is 0.409 e. The number of benzene rings is 1. The zero-order valence-electron chi connectivity index (χ0n) is 14.5. The summed E-state index contributed by atoms with van der Waals surface area (Å²) in [4.78, 5) is 33.3. The van der Waals surface area contributed by atoms with Gasteiger partial charge < -0.3 is 24.6 Å². The number of fused-ring (bicyclic) bond motifs is 1. The number of halogens is 2.